The van der Waals surface area contributed by atoms with Gasteiger partial charge in [-0.3, -0.25) is 14.5 Å². The molecule has 1 aliphatic heterocycles. The van der Waals surface area contributed by atoms with Crippen LogP contribution in [-0.4, -0.2) is 23.3 Å². The Morgan fingerprint density at radius 2 is 2.18 bits per heavy atom. The third-order valence-electron chi connectivity index (χ3n) is 2.99. The van der Waals surface area contributed by atoms with E-state index in [2.05, 4.69) is 22.6 Å². The lowest BCUT2D eigenvalue weighted by molar-refractivity contribution is -0.125. The molecular weight excluding hydrogens is 329 g/mol. The second kappa shape index (κ2) is 4.76. The summed E-state index contributed by atoms with van der Waals surface area (Å²) in [5.74, 6) is 0.0566. The van der Waals surface area contributed by atoms with Crippen LogP contribution in [0.25, 0.3) is 0 Å². The van der Waals surface area contributed by atoms with Gasteiger partial charge in [0.2, 0.25) is 5.91 Å². The fraction of sp³-hybridized carbons (Fsp3) is 0.385. The average Bonchev–Trinajstić information content (AvgIpc) is 2.61. The minimum Gasteiger partial charge on any atom is -0.278 e. The van der Waals surface area contributed by atoms with Crippen molar-refractivity contribution in [2.45, 2.75) is 20.3 Å². The number of imide groups is 1. The van der Waals surface area contributed by atoms with Crippen molar-refractivity contribution in [2.75, 3.05) is 6.54 Å². The van der Waals surface area contributed by atoms with Gasteiger partial charge in [0.05, 0.1) is 5.56 Å². The predicted octanol–water partition coefficient (Wildman–Crippen LogP) is 2.61. The van der Waals surface area contributed by atoms with Gasteiger partial charge in [0.1, 0.15) is 0 Å². The first-order valence-corrected chi connectivity index (χ1v) is 6.68. The van der Waals surface area contributed by atoms with Crippen LogP contribution in [-0.2, 0) is 4.79 Å². The fourth-order valence-corrected chi connectivity index (χ4v) is 2.63. The number of likely N-dealkylation sites (tertiary alicyclic amines) is 1. The third kappa shape index (κ3) is 2.36. The van der Waals surface area contributed by atoms with Gasteiger partial charge in [-0.15, -0.1) is 0 Å². The van der Waals surface area contributed by atoms with Crippen LogP contribution in [0, 0.1) is 16.4 Å². The van der Waals surface area contributed by atoms with Crippen molar-refractivity contribution in [1.29, 1.82) is 0 Å². The fourth-order valence-electron chi connectivity index (χ4n) is 2.04. The molecule has 0 aromatic heterocycles. The van der Waals surface area contributed by atoms with E-state index in [4.69, 9.17) is 0 Å². The van der Waals surface area contributed by atoms with Crippen molar-refractivity contribution in [3.05, 3.63) is 32.9 Å². The number of amides is 2. The summed E-state index contributed by atoms with van der Waals surface area (Å²) >= 11 is 2.16. The molecule has 3 nitrogen and oxygen atoms in total. The summed E-state index contributed by atoms with van der Waals surface area (Å²) in [6, 6.07) is 5.61. The summed E-state index contributed by atoms with van der Waals surface area (Å²) in [6.07, 6.45) is 0.480. The molecule has 1 aromatic rings. The van der Waals surface area contributed by atoms with Gasteiger partial charge in [-0.1, -0.05) is 19.1 Å². The van der Waals surface area contributed by atoms with Crippen LogP contribution in [0.4, 0.5) is 0 Å². The number of carbonyl (C=O) groups excluding carboxylic acids is 2. The van der Waals surface area contributed by atoms with E-state index in [1.807, 2.05) is 26.0 Å². The first kappa shape index (κ1) is 12.5. The summed E-state index contributed by atoms with van der Waals surface area (Å²) in [6.45, 7) is 4.50. The summed E-state index contributed by atoms with van der Waals surface area (Å²) in [4.78, 5) is 25.4. The number of carbonyl (C=O) groups is 2. The summed E-state index contributed by atoms with van der Waals surface area (Å²) in [5.41, 5.74) is 1.70. The van der Waals surface area contributed by atoms with Crippen molar-refractivity contribution in [1.82, 2.24) is 4.90 Å². The van der Waals surface area contributed by atoms with E-state index in [0.717, 1.165) is 9.13 Å². The van der Waals surface area contributed by atoms with Crippen molar-refractivity contribution in [3.63, 3.8) is 0 Å². The smallest absolute Gasteiger partial charge is 0.261 e. The van der Waals surface area contributed by atoms with Gasteiger partial charge in [-0.25, -0.2) is 0 Å². The second-order valence-corrected chi connectivity index (χ2v) is 5.63. The monoisotopic (exact) mass is 343 g/mol. The molecule has 1 saturated heterocycles. The SMILES string of the molecule is Cc1cccc(C(=O)N2CC(C)CC2=O)c1I. The van der Waals surface area contributed by atoms with Gasteiger partial charge in [0.25, 0.3) is 5.91 Å². The minimum absolute atomic E-state index is 0.0557. The number of nitrogens with zero attached hydrogens (tertiary/aromatic N) is 1. The Bertz CT molecular complexity index is 484. The third-order valence-corrected chi connectivity index (χ3v) is 4.42. The van der Waals surface area contributed by atoms with Crippen molar-refractivity contribution in [3.8, 4) is 0 Å². The molecule has 1 heterocycles. The highest BCUT2D eigenvalue weighted by molar-refractivity contribution is 14.1. The van der Waals surface area contributed by atoms with E-state index in [-0.39, 0.29) is 17.7 Å². The molecule has 2 rings (SSSR count). The first-order chi connectivity index (χ1) is 8.00. The number of hydrogen-bond donors (Lipinski definition) is 0. The quantitative estimate of drug-likeness (QED) is 0.581. The maximum Gasteiger partial charge on any atom is 0.261 e. The number of halogens is 1. The molecule has 1 atom stereocenters. The highest BCUT2D eigenvalue weighted by Gasteiger charge is 2.32. The minimum atomic E-state index is -0.160. The average molecular weight is 343 g/mol. The van der Waals surface area contributed by atoms with Crippen LogP contribution in [0.5, 0.6) is 0 Å². The van der Waals surface area contributed by atoms with E-state index in [1.165, 1.54) is 4.90 Å². The topological polar surface area (TPSA) is 37.4 Å². The van der Waals surface area contributed by atoms with Gasteiger partial charge in [0, 0.05) is 16.5 Å². The zero-order valence-electron chi connectivity index (χ0n) is 9.87. The van der Waals surface area contributed by atoms with Gasteiger partial charge in [-0.05, 0) is 47.1 Å². The van der Waals surface area contributed by atoms with Gasteiger partial charge in [-0.2, -0.15) is 0 Å². The highest BCUT2D eigenvalue weighted by Crippen LogP contribution is 2.23. The van der Waals surface area contributed by atoms with E-state index in [9.17, 15) is 9.59 Å². The number of aryl methyl sites for hydroxylation is 1. The second-order valence-electron chi connectivity index (χ2n) is 4.56. The molecule has 1 unspecified atom stereocenters. The molecule has 1 aromatic carbocycles. The molecule has 0 spiro atoms. The maximum absolute atomic E-state index is 12.3. The number of benzene rings is 1. The lowest BCUT2D eigenvalue weighted by atomic mass is 10.1. The Hall–Kier alpha value is -0.910. The van der Waals surface area contributed by atoms with Crippen LogP contribution in [0.1, 0.15) is 29.3 Å². The summed E-state index contributed by atoms with van der Waals surface area (Å²) in [5, 5.41) is 0. The van der Waals surface area contributed by atoms with Crippen LogP contribution in [0.2, 0.25) is 0 Å². The van der Waals surface area contributed by atoms with Crippen LogP contribution < -0.4 is 0 Å². The molecular formula is C13H14INO2. The maximum atomic E-state index is 12.3. The molecule has 1 aliphatic rings. The zero-order valence-corrected chi connectivity index (χ0v) is 12.0. The largest absolute Gasteiger partial charge is 0.278 e. The molecule has 17 heavy (non-hydrogen) atoms. The molecule has 0 aliphatic carbocycles. The van der Waals surface area contributed by atoms with E-state index in [0.29, 0.717) is 18.5 Å². The van der Waals surface area contributed by atoms with Gasteiger partial charge in [0.15, 0.2) is 0 Å². The van der Waals surface area contributed by atoms with Crippen LogP contribution in [0.3, 0.4) is 0 Å². The lowest BCUT2D eigenvalue weighted by Crippen LogP contribution is -2.32. The Morgan fingerprint density at radius 3 is 2.76 bits per heavy atom. The summed E-state index contributed by atoms with van der Waals surface area (Å²) in [7, 11) is 0. The molecule has 1 fully saturated rings. The first-order valence-electron chi connectivity index (χ1n) is 5.60. The van der Waals surface area contributed by atoms with E-state index in [1.54, 1.807) is 6.07 Å². The Labute approximate surface area is 114 Å². The number of rotatable bonds is 1. The van der Waals surface area contributed by atoms with Crippen LogP contribution in [0.15, 0.2) is 18.2 Å². The lowest BCUT2D eigenvalue weighted by Gasteiger charge is -2.15. The van der Waals surface area contributed by atoms with Crippen molar-refractivity contribution < 1.29 is 9.59 Å². The zero-order chi connectivity index (χ0) is 12.6. The van der Waals surface area contributed by atoms with Gasteiger partial charge < -0.3 is 0 Å². The molecule has 0 radical (unpaired) electrons. The molecule has 0 bridgehead atoms. The van der Waals surface area contributed by atoms with Crippen molar-refractivity contribution >= 4 is 34.4 Å². The number of hydrogen-bond acceptors (Lipinski definition) is 2. The standard InChI is InChI=1S/C13H14INO2/c1-8-6-11(16)15(7-8)13(17)10-5-3-4-9(2)12(10)14/h3-5,8H,6-7H2,1-2H3. The Morgan fingerprint density at radius 1 is 1.47 bits per heavy atom. The molecule has 4 heteroatoms. The molecule has 90 valence electrons. The predicted molar refractivity (Wildman–Crippen MR) is 73.7 cm³/mol. The molecule has 0 saturated carbocycles. The van der Waals surface area contributed by atoms with E-state index < -0.39 is 0 Å². The van der Waals surface area contributed by atoms with Crippen LogP contribution >= 0.6 is 22.6 Å². The Kier molecular flexibility index (Phi) is 3.51. The summed E-state index contributed by atoms with van der Waals surface area (Å²) < 4.78 is 0.933. The normalized spacial score (nSPS) is 19.8. The Balaban J connectivity index is 2.32. The molecule has 2 amide bonds. The molecule has 0 N–H and O–H groups in total. The van der Waals surface area contributed by atoms with Crippen molar-refractivity contribution in [2.24, 2.45) is 5.92 Å². The van der Waals surface area contributed by atoms with E-state index >= 15 is 0 Å². The highest BCUT2D eigenvalue weighted by atomic mass is 127. The van der Waals surface area contributed by atoms with Gasteiger partial charge >= 0.3 is 0 Å².